The quantitative estimate of drug-likeness (QED) is 0.837. The standard InChI is InChI=1S/C14H19N3O2/c1-11(18)16-13-5-3-12(4-6-13)14(19)17-9-2-7-15-8-10-17/h3-6,15H,2,7-10H2,1H3,(H,16,18). The number of benzene rings is 1. The Labute approximate surface area is 113 Å². The molecule has 1 aliphatic heterocycles. The molecule has 1 fully saturated rings. The molecule has 0 radical (unpaired) electrons. The van der Waals surface area contributed by atoms with E-state index in [4.69, 9.17) is 0 Å². The fraction of sp³-hybridized carbons (Fsp3) is 0.429. The average molecular weight is 261 g/mol. The predicted octanol–water partition coefficient (Wildman–Crippen LogP) is 1.08. The zero-order valence-electron chi connectivity index (χ0n) is 11.1. The van der Waals surface area contributed by atoms with Crippen LogP contribution in [0.1, 0.15) is 23.7 Å². The lowest BCUT2D eigenvalue weighted by molar-refractivity contribution is -0.114. The van der Waals surface area contributed by atoms with E-state index in [-0.39, 0.29) is 11.8 Å². The van der Waals surface area contributed by atoms with Crippen molar-refractivity contribution >= 4 is 17.5 Å². The molecule has 2 N–H and O–H groups in total. The Hall–Kier alpha value is -1.88. The summed E-state index contributed by atoms with van der Waals surface area (Å²) in [7, 11) is 0. The molecule has 1 saturated heterocycles. The van der Waals surface area contributed by atoms with Gasteiger partial charge < -0.3 is 15.5 Å². The van der Waals surface area contributed by atoms with Gasteiger partial charge >= 0.3 is 0 Å². The summed E-state index contributed by atoms with van der Waals surface area (Å²) in [6.07, 6.45) is 0.982. The van der Waals surface area contributed by atoms with Crippen LogP contribution < -0.4 is 10.6 Å². The number of nitrogens with zero attached hydrogens (tertiary/aromatic N) is 1. The van der Waals surface area contributed by atoms with Gasteiger partial charge in [-0.25, -0.2) is 0 Å². The molecule has 0 spiro atoms. The molecule has 0 saturated carbocycles. The van der Waals surface area contributed by atoms with Gasteiger partial charge in [0.2, 0.25) is 5.91 Å². The van der Waals surface area contributed by atoms with Gasteiger partial charge in [0.15, 0.2) is 0 Å². The maximum Gasteiger partial charge on any atom is 0.253 e. The lowest BCUT2D eigenvalue weighted by Gasteiger charge is -2.20. The van der Waals surface area contributed by atoms with E-state index in [1.807, 2.05) is 4.90 Å². The second-order valence-corrected chi connectivity index (χ2v) is 4.65. The summed E-state index contributed by atoms with van der Waals surface area (Å²) < 4.78 is 0. The Morgan fingerprint density at radius 3 is 2.58 bits per heavy atom. The Kier molecular flexibility index (Phi) is 4.52. The SMILES string of the molecule is CC(=O)Nc1ccc(C(=O)N2CCCNCC2)cc1. The fourth-order valence-electron chi connectivity index (χ4n) is 2.13. The first-order valence-electron chi connectivity index (χ1n) is 6.54. The van der Waals surface area contributed by atoms with Crippen LogP contribution in [0, 0.1) is 0 Å². The number of hydrogen-bond donors (Lipinski definition) is 2. The first kappa shape index (κ1) is 13.5. The van der Waals surface area contributed by atoms with Crippen molar-refractivity contribution in [2.75, 3.05) is 31.5 Å². The first-order chi connectivity index (χ1) is 9.16. The molecule has 2 rings (SSSR count). The Balaban J connectivity index is 2.04. The number of carbonyl (C=O) groups excluding carboxylic acids is 2. The summed E-state index contributed by atoms with van der Waals surface area (Å²) >= 11 is 0. The van der Waals surface area contributed by atoms with E-state index < -0.39 is 0 Å². The van der Waals surface area contributed by atoms with Crippen LogP contribution in [0.2, 0.25) is 0 Å². The third kappa shape index (κ3) is 3.79. The molecule has 19 heavy (non-hydrogen) atoms. The highest BCUT2D eigenvalue weighted by Crippen LogP contribution is 2.12. The van der Waals surface area contributed by atoms with Crippen LogP contribution in [0.5, 0.6) is 0 Å². The highest BCUT2D eigenvalue weighted by Gasteiger charge is 2.16. The molecule has 0 unspecified atom stereocenters. The number of carbonyl (C=O) groups is 2. The summed E-state index contributed by atoms with van der Waals surface area (Å²) in [4.78, 5) is 25.1. The van der Waals surface area contributed by atoms with Crippen LogP contribution in [0.3, 0.4) is 0 Å². The van der Waals surface area contributed by atoms with Crippen molar-refractivity contribution in [1.82, 2.24) is 10.2 Å². The van der Waals surface area contributed by atoms with Crippen LogP contribution in [0.15, 0.2) is 24.3 Å². The molecular weight excluding hydrogens is 242 g/mol. The molecule has 1 aromatic rings. The van der Waals surface area contributed by atoms with Crippen LogP contribution in [-0.4, -0.2) is 42.9 Å². The van der Waals surface area contributed by atoms with Crippen LogP contribution in [0.4, 0.5) is 5.69 Å². The van der Waals surface area contributed by atoms with Gasteiger partial charge in [0, 0.05) is 37.8 Å². The van der Waals surface area contributed by atoms with Gasteiger partial charge in [-0.1, -0.05) is 0 Å². The van der Waals surface area contributed by atoms with E-state index in [1.165, 1.54) is 6.92 Å². The summed E-state index contributed by atoms with van der Waals surface area (Å²) in [5, 5.41) is 5.96. The maximum absolute atomic E-state index is 12.3. The van der Waals surface area contributed by atoms with Gasteiger partial charge in [-0.2, -0.15) is 0 Å². The summed E-state index contributed by atoms with van der Waals surface area (Å²) in [6.45, 7) is 4.80. The van der Waals surface area contributed by atoms with Crippen molar-refractivity contribution in [3.8, 4) is 0 Å². The minimum Gasteiger partial charge on any atom is -0.337 e. The van der Waals surface area contributed by atoms with Crippen LogP contribution in [-0.2, 0) is 4.79 Å². The first-order valence-corrected chi connectivity index (χ1v) is 6.54. The van der Waals surface area contributed by atoms with Crippen LogP contribution >= 0.6 is 0 Å². The van der Waals surface area contributed by atoms with Gasteiger partial charge in [0.25, 0.3) is 5.91 Å². The highest BCUT2D eigenvalue weighted by atomic mass is 16.2. The van der Waals surface area contributed by atoms with Crippen molar-refractivity contribution in [3.63, 3.8) is 0 Å². The molecule has 1 aliphatic rings. The monoisotopic (exact) mass is 261 g/mol. The lowest BCUT2D eigenvalue weighted by Crippen LogP contribution is -2.34. The van der Waals surface area contributed by atoms with E-state index >= 15 is 0 Å². The van der Waals surface area contributed by atoms with Gasteiger partial charge in [-0.05, 0) is 37.2 Å². The molecule has 102 valence electrons. The zero-order chi connectivity index (χ0) is 13.7. The number of anilines is 1. The number of nitrogens with one attached hydrogen (secondary N) is 2. The van der Waals surface area contributed by atoms with Gasteiger partial charge in [-0.3, -0.25) is 9.59 Å². The molecule has 1 aromatic carbocycles. The molecular formula is C14H19N3O2. The number of hydrogen-bond acceptors (Lipinski definition) is 3. The highest BCUT2D eigenvalue weighted by molar-refractivity contribution is 5.95. The molecule has 0 atom stereocenters. The Morgan fingerprint density at radius 2 is 1.89 bits per heavy atom. The normalized spacial score (nSPS) is 15.7. The van der Waals surface area contributed by atoms with Crippen molar-refractivity contribution in [3.05, 3.63) is 29.8 Å². The second kappa shape index (κ2) is 6.33. The zero-order valence-corrected chi connectivity index (χ0v) is 11.1. The van der Waals surface area contributed by atoms with Crippen molar-refractivity contribution in [2.45, 2.75) is 13.3 Å². The Morgan fingerprint density at radius 1 is 1.16 bits per heavy atom. The van der Waals surface area contributed by atoms with Gasteiger partial charge in [0.05, 0.1) is 0 Å². The van der Waals surface area contributed by atoms with Gasteiger partial charge in [0.1, 0.15) is 0 Å². The van der Waals surface area contributed by atoms with E-state index in [0.717, 1.165) is 32.6 Å². The molecule has 0 aromatic heterocycles. The van der Waals surface area contributed by atoms with Crippen molar-refractivity contribution < 1.29 is 9.59 Å². The molecule has 1 heterocycles. The molecule has 5 nitrogen and oxygen atoms in total. The van der Waals surface area contributed by atoms with E-state index in [2.05, 4.69) is 10.6 Å². The topological polar surface area (TPSA) is 61.4 Å². The summed E-state index contributed by atoms with van der Waals surface area (Å²) in [6, 6.07) is 7.02. The number of amides is 2. The minimum atomic E-state index is -0.113. The third-order valence-electron chi connectivity index (χ3n) is 3.08. The van der Waals surface area contributed by atoms with Crippen molar-refractivity contribution in [2.24, 2.45) is 0 Å². The minimum absolute atomic E-state index is 0.0538. The second-order valence-electron chi connectivity index (χ2n) is 4.65. The molecule has 0 aliphatic carbocycles. The van der Waals surface area contributed by atoms with E-state index in [9.17, 15) is 9.59 Å². The smallest absolute Gasteiger partial charge is 0.253 e. The predicted molar refractivity (Wildman–Crippen MR) is 74.1 cm³/mol. The van der Waals surface area contributed by atoms with E-state index in [1.54, 1.807) is 24.3 Å². The Bertz CT molecular complexity index is 448. The summed E-state index contributed by atoms with van der Waals surface area (Å²) in [5.74, 6) is -0.0595. The number of rotatable bonds is 2. The average Bonchev–Trinajstić information content (AvgIpc) is 2.67. The largest absolute Gasteiger partial charge is 0.337 e. The summed E-state index contributed by atoms with van der Waals surface area (Å²) in [5.41, 5.74) is 1.37. The van der Waals surface area contributed by atoms with Crippen LogP contribution in [0.25, 0.3) is 0 Å². The molecule has 2 amide bonds. The van der Waals surface area contributed by atoms with E-state index in [0.29, 0.717) is 11.3 Å². The maximum atomic E-state index is 12.3. The molecule has 0 bridgehead atoms. The third-order valence-corrected chi connectivity index (χ3v) is 3.08. The van der Waals surface area contributed by atoms with Crippen molar-refractivity contribution in [1.29, 1.82) is 0 Å². The molecule has 5 heteroatoms. The van der Waals surface area contributed by atoms with Gasteiger partial charge in [-0.15, -0.1) is 0 Å². The fourth-order valence-corrected chi connectivity index (χ4v) is 2.13. The lowest BCUT2D eigenvalue weighted by atomic mass is 10.1.